The summed E-state index contributed by atoms with van der Waals surface area (Å²) >= 11 is 0. The van der Waals surface area contributed by atoms with Crippen molar-refractivity contribution < 1.29 is 4.79 Å². The molecule has 2 N–H and O–H groups in total. The Morgan fingerprint density at radius 3 is 2.71 bits per heavy atom. The first-order valence-electron chi connectivity index (χ1n) is 8.10. The summed E-state index contributed by atoms with van der Waals surface area (Å²) in [7, 11) is 0. The van der Waals surface area contributed by atoms with E-state index in [0.717, 1.165) is 16.9 Å². The van der Waals surface area contributed by atoms with Crippen LogP contribution in [0.3, 0.4) is 0 Å². The number of pyridine rings is 1. The van der Waals surface area contributed by atoms with Crippen molar-refractivity contribution in [2.45, 2.75) is 40.2 Å². The molecule has 2 aromatic rings. The van der Waals surface area contributed by atoms with Gasteiger partial charge in [-0.3, -0.25) is 9.78 Å². The molecule has 0 aliphatic rings. The number of benzene rings is 1. The van der Waals surface area contributed by atoms with E-state index < -0.39 is 0 Å². The highest BCUT2D eigenvalue weighted by atomic mass is 16.2. The van der Waals surface area contributed by atoms with Gasteiger partial charge in [-0.15, -0.1) is 0 Å². The second-order valence-corrected chi connectivity index (χ2v) is 5.86. The van der Waals surface area contributed by atoms with Crippen molar-refractivity contribution in [3.63, 3.8) is 0 Å². The summed E-state index contributed by atoms with van der Waals surface area (Å²) in [5.41, 5.74) is 7.49. The van der Waals surface area contributed by atoms with Gasteiger partial charge >= 0.3 is 0 Å². The predicted octanol–water partition coefficient (Wildman–Crippen LogP) is 3.35. The van der Waals surface area contributed by atoms with Gasteiger partial charge in [-0.25, -0.2) is 5.43 Å². The molecule has 0 spiro atoms. The number of nitrogens with one attached hydrogen (secondary N) is 2. The third kappa shape index (κ3) is 4.91. The first-order chi connectivity index (χ1) is 11.5. The smallest absolute Gasteiger partial charge is 0.262 e. The molecule has 2 rings (SSSR count). The Bertz CT molecular complexity index is 740. The number of carbonyl (C=O) groups excluding carboxylic acids is 1. The van der Waals surface area contributed by atoms with Gasteiger partial charge in [0.05, 0.1) is 11.9 Å². The fourth-order valence-corrected chi connectivity index (χ4v) is 2.39. The van der Waals surface area contributed by atoms with Gasteiger partial charge in [-0.1, -0.05) is 30.7 Å². The summed E-state index contributed by atoms with van der Waals surface area (Å²) in [4.78, 5) is 16.6. The van der Waals surface area contributed by atoms with Gasteiger partial charge in [0, 0.05) is 11.4 Å². The first-order valence-corrected chi connectivity index (χ1v) is 8.10. The standard InChI is InChI=1S/C19H24N4O/c1-5-17(22-18-10-9-13(2)11-14(18)3)19(24)23-20-12-16-8-6-7-15(4)21-16/h6-12,17,22H,5H2,1-4H3,(H,23,24)/b20-12-/t17-/m0/s1. The van der Waals surface area contributed by atoms with E-state index in [-0.39, 0.29) is 11.9 Å². The predicted molar refractivity (Wildman–Crippen MR) is 98.3 cm³/mol. The van der Waals surface area contributed by atoms with Crippen LogP contribution in [0.25, 0.3) is 0 Å². The molecule has 1 aromatic carbocycles. The van der Waals surface area contributed by atoms with Gasteiger partial charge in [0.25, 0.3) is 5.91 Å². The molecular weight excluding hydrogens is 300 g/mol. The zero-order valence-electron chi connectivity index (χ0n) is 14.6. The second-order valence-electron chi connectivity index (χ2n) is 5.86. The Morgan fingerprint density at radius 1 is 1.25 bits per heavy atom. The number of hydrogen-bond donors (Lipinski definition) is 2. The fraction of sp³-hybridized carbons (Fsp3) is 0.316. The number of rotatable bonds is 6. The molecule has 5 nitrogen and oxygen atoms in total. The van der Waals surface area contributed by atoms with Crippen LogP contribution in [0.4, 0.5) is 5.69 Å². The minimum Gasteiger partial charge on any atom is -0.373 e. The SMILES string of the molecule is CC[C@H](Nc1ccc(C)cc1C)C(=O)N/N=C\c1cccc(C)n1. The van der Waals surface area contributed by atoms with Crippen molar-refractivity contribution in [3.05, 3.63) is 58.9 Å². The van der Waals surface area contributed by atoms with E-state index >= 15 is 0 Å². The summed E-state index contributed by atoms with van der Waals surface area (Å²) in [6.45, 7) is 7.96. The summed E-state index contributed by atoms with van der Waals surface area (Å²) in [5, 5.41) is 7.28. The second kappa shape index (κ2) is 8.24. The minimum absolute atomic E-state index is 0.165. The van der Waals surface area contributed by atoms with E-state index in [1.807, 2.05) is 51.1 Å². The zero-order valence-corrected chi connectivity index (χ0v) is 14.6. The largest absolute Gasteiger partial charge is 0.373 e. The van der Waals surface area contributed by atoms with Gasteiger partial charge in [-0.2, -0.15) is 5.10 Å². The number of anilines is 1. The minimum atomic E-state index is -0.339. The van der Waals surface area contributed by atoms with Crippen LogP contribution in [0.5, 0.6) is 0 Å². The third-order valence-corrected chi connectivity index (χ3v) is 3.72. The highest BCUT2D eigenvalue weighted by Gasteiger charge is 2.16. The van der Waals surface area contributed by atoms with Crippen LogP contribution in [-0.4, -0.2) is 23.1 Å². The first kappa shape index (κ1) is 17.7. The quantitative estimate of drug-likeness (QED) is 0.632. The van der Waals surface area contributed by atoms with Crippen LogP contribution in [-0.2, 0) is 4.79 Å². The molecule has 1 aromatic heterocycles. The van der Waals surface area contributed by atoms with Crippen LogP contribution in [0.1, 0.15) is 35.9 Å². The number of hydrazone groups is 1. The molecule has 0 aliphatic carbocycles. The number of hydrogen-bond acceptors (Lipinski definition) is 4. The summed E-state index contributed by atoms with van der Waals surface area (Å²) in [6, 6.07) is 11.4. The number of nitrogens with zero attached hydrogens (tertiary/aromatic N) is 2. The molecule has 0 saturated heterocycles. The molecular formula is C19H24N4O. The van der Waals surface area contributed by atoms with Crippen molar-refractivity contribution >= 4 is 17.8 Å². The Balaban J connectivity index is 1.98. The van der Waals surface area contributed by atoms with E-state index in [1.54, 1.807) is 6.21 Å². The number of aromatic nitrogens is 1. The van der Waals surface area contributed by atoms with E-state index in [4.69, 9.17) is 0 Å². The van der Waals surface area contributed by atoms with Gasteiger partial charge in [0.2, 0.25) is 0 Å². The van der Waals surface area contributed by atoms with Gasteiger partial charge < -0.3 is 5.32 Å². The van der Waals surface area contributed by atoms with E-state index in [0.29, 0.717) is 12.1 Å². The van der Waals surface area contributed by atoms with Gasteiger partial charge in [0.1, 0.15) is 6.04 Å². The van der Waals surface area contributed by atoms with Crippen molar-refractivity contribution in [2.24, 2.45) is 5.10 Å². The van der Waals surface area contributed by atoms with Crippen molar-refractivity contribution in [1.82, 2.24) is 10.4 Å². The monoisotopic (exact) mass is 324 g/mol. The van der Waals surface area contributed by atoms with Crippen molar-refractivity contribution in [2.75, 3.05) is 5.32 Å². The van der Waals surface area contributed by atoms with Crippen LogP contribution >= 0.6 is 0 Å². The Hall–Kier alpha value is -2.69. The molecule has 0 fully saturated rings. The Kier molecular flexibility index (Phi) is 6.07. The number of carbonyl (C=O) groups is 1. The molecule has 126 valence electrons. The molecule has 1 heterocycles. The summed E-state index contributed by atoms with van der Waals surface area (Å²) in [6.07, 6.45) is 2.21. The highest BCUT2D eigenvalue weighted by molar-refractivity contribution is 5.86. The number of amides is 1. The Labute approximate surface area is 143 Å². The van der Waals surface area contributed by atoms with Crippen LogP contribution in [0.2, 0.25) is 0 Å². The molecule has 0 saturated carbocycles. The third-order valence-electron chi connectivity index (χ3n) is 3.72. The van der Waals surface area contributed by atoms with Crippen molar-refractivity contribution in [1.29, 1.82) is 0 Å². The zero-order chi connectivity index (χ0) is 17.5. The lowest BCUT2D eigenvalue weighted by atomic mass is 10.1. The molecule has 0 radical (unpaired) electrons. The van der Waals surface area contributed by atoms with Gasteiger partial charge in [0.15, 0.2) is 0 Å². The molecule has 1 amide bonds. The molecule has 0 aliphatic heterocycles. The maximum absolute atomic E-state index is 12.3. The number of aryl methyl sites for hydroxylation is 3. The lowest BCUT2D eigenvalue weighted by Crippen LogP contribution is -2.37. The summed E-state index contributed by atoms with van der Waals surface area (Å²) in [5.74, 6) is -0.165. The lowest BCUT2D eigenvalue weighted by molar-refractivity contribution is -0.121. The average Bonchev–Trinajstić information content (AvgIpc) is 2.54. The highest BCUT2D eigenvalue weighted by Crippen LogP contribution is 2.17. The molecule has 5 heteroatoms. The van der Waals surface area contributed by atoms with Crippen molar-refractivity contribution in [3.8, 4) is 0 Å². The normalized spacial score (nSPS) is 12.2. The maximum atomic E-state index is 12.3. The van der Waals surface area contributed by atoms with Crippen LogP contribution in [0.15, 0.2) is 41.5 Å². The Morgan fingerprint density at radius 2 is 2.04 bits per heavy atom. The summed E-state index contributed by atoms with van der Waals surface area (Å²) < 4.78 is 0. The van der Waals surface area contributed by atoms with Crippen LogP contribution < -0.4 is 10.7 Å². The average molecular weight is 324 g/mol. The van der Waals surface area contributed by atoms with E-state index in [9.17, 15) is 4.79 Å². The molecule has 24 heavy (non-hydrogen) atoms. The lowest BCUT2D eigenvalue weighted by Gasteiger charge is -2.18. The maximum Gasteiger partial charge on any atom is 0.262 e. The topological polar surface area (TPSA) is 66.4 Å². The van der Waals surface area contributed by atoms with E-state index in [2.05, 4.69) is 33.8 Å². The molecule has 0 bridgehead atoms. The molecule has 0 unspecified atom stereocenters. The van der Waals surface area contributed by atoms with E-state index in [1.165, 1.54) is 5.56 Å². The van der Waals surface area contributed by atoms with Crippen LogP contribution in [0, 0.1) is 20.8 Å². The fourth-order valence-electron chi connectivity index (χ4n) is 2.39. The molecule has 1 atom stereocenters. The van der Waals surface area contributed by atoms with Gasteiger partial charge in [-0.05, 0) is 51.0 Å².